The molecule has 5 heteroatoms. The van der Waals surface area contributed by atoms with Gasteiger partial charge < -0.3 is 9.80 Å². The Labute approximate surface area is 140 Å². The van der Waals surface area contributed by atoms with Gasteiger partial charge >= 0.3 is 0 Å². The van der Waals surface area contributed by atoms with Crippen LogP contribution >= 0.6 is 0 Å². The van der Waals surface area contributed by atoms with Gasteiger partial charge in [-0.3, -0.25) is 9.59 Å². The maximum absolute atomic E-state index is 12.3. The number of nitrogens with zero attached hydrogens (tertiary/aromatic N) is 3. The molecule has 5 nitrogen and oxygen atoms in total. The normalized spacial score (nSPS) is 20.9. The van der Waals surface area contributed by atoms with Gasteiger partial charge in [0.05, 0.1) is 6.07 Å². The number of likely N-dealkylation sites (tertiary alicyclic amines) is 1. The van der Waals surface area contributed by atoms with Crippen LogP contribution in [0.3, 0.4) is 0 Å². The Balaban J connectivity index is 2.50. The molecule has 0 bridgehead atoms. The second kappa shape index (κ2) is 10.3. The van der Waals surface area contributed by atoms with Gasteiger partial charge in [0.1, 0.15) is 6.54 Å². The van der Waals surface area contributed by atoms with Crippen LogP contribution in [0.2, 0.25) is 0 Å². The summed E-state index contributed by atoms with van der Waals surface area (Å²) in [5.41, 5.74) is 0. The molecule has 0 radical (unpaired) electrons. The summed E-state index contributed by atoms with van der Waals surface area (Å²) < 4.78 is 0. The molecule has 2 amide bonds. The summed E-state index contributed by atoms with van der Waals surface area (Å²) in [5, 5.41) is 8.69. The summed E-state index contributed by atoms with van der Waals surface area (Å²) in [7, 11) is 1.68. The summed E-state index contributed by atoms with van der Waals surface area (Å²) >= 11 is 0. The van der Waals surface area contributed by atoms with Crippen LogP contribution in [0.1, 0.15) is 58.8 Å². The minimum atomic E-state index is 0.0396. The number of hydrogen-bond donors (Lipinski definition) is 0. The number of carbonyl (C=O) groups is 2. The van der Waals surface area contributed by atoms with E-state index in [2.05, 4.69) is 13.8 Å². The fraction of sp³-hybridized carbons (Fsp3) is 0.833. The first-order valence-electron chi connectivity index (χ1n) is 8.92. The Hall–Kier alpha value is -1.57. The number of piperidine rings is 1. The Morgan fingerprint density at radius 1 is 1.26 bits per heavy atom. The molecule has 23 heavy (non-hydrogen) atoms. The van der Waals surface area contributed by atoms with Crippen molar-refractivity contribution in [2.24, 2.45) is 11.8 Å². The molecule has 0 N–H and O–H groups in total. The highest BCUT2D eigenvalue weighted by Crippen LogP contribution is 2.30. The van der Waals surface area contributed by atoms with Gasteiger partial charge in [-0.2, -0.15) is 5.26 Å². The minimum Gasteiger partial charge on any atom is -0.342 e. The van der Waals surface area contributed by atoms with Gasteiger partial charge in [-0.1, -0.05) is 33.1 Å². The maximum Gasteiger partial charge on any atom is 0.223 e. The van der Waals surface area contributed by atoms with Crippen LogP contribution in [0.15, 0.2) is 0 Å². The highest BCUT2D eigenvalue weighted by atomic mass is 16.2. The van der Waals surface area contributed by atoms with Crippen molar-refractivity contribution in [3.8, 4) is 6.07 Å². The highest BCUT2D eigenvalue weighted by Gasteiger charge is 2.31. The predicted molar refractivity (Wildman–Crippen MR) is 90.5 cm³/mol. The number of unbranched alkanes of at least 4 members (excludes halogenated alkanes) is 2. The third-order valence-electron chi connectivity index (χ3n) is 4.93. The van der Waals surface area contributed by atoms with Crippen LogP contribution < -0.4 is 0 Å². The zero-order chi connectivity index (χ0) is 17.2. The van der Waals surface area contributed by atoms with Crippen molar-refractivity contribution >= 4 is 11.8 Å². The molecule has 2 atom stereocenters. The molecule has 0 aromatic rings. The summed E-state index contributed by atoms with van der Waals surface area (Å²) in [4.78, 5) is 27.9. The second-order valence-corrected chi connectivity index (χ2v) is 6.63. The van der Waals surface area contributed by atoms with Crippen molar-refractivity contribution in [3.05, 3.63) is 0 Å². The predicted octanol–water partition coefficient (Wildman–Crippen LogP) is 2.81. The fourth-order valence-corrected chi connectivity index (χ4v) is 3.30. The summed E-state index contributed by atoms with van der Waals surface area (Å²) in [6.45, 7) is 5.96. The molecule has 0 spiro atoms. The molecule has 1 heterocycles. The lowest BCUT2D eigenvalue weighted by Crippen LogP contribution is -2.45. The number of nitriles is 1. The van der Waals surface area contributed by atoms with Crippen LogP contribution in [0.4, 0.5) is 0 Å². The van der Waals surface area contributed by atoms with E-state index in [9.17, 15) is 9.59 Å². The number of carbonyl (C=O) groups excluding carboxylic acids is 2. The average Bonchev–Trinajstić information content (AvgIpc) is 2.55. The molecule has 1 saturated heterocycles. The number of hydrogen-bond acceptors (Lipinski definition) is 3. The molecule has 0 aromatic heterocycles. The zero-order valence-corrected chi connectivity index (χ0v) is 14.9. The lowest BCUT2D eigenvalue weighted by atomic mass is 9.81. The van der Waals surface area contributed by atoms with E-state index in [0.29, 0.717) is 24.7 Å². The van der Waals surface area contributed by atoms with Gasteiger partial charge in [0.15, 0.2) is 0 Å². The zero-order valence-electron chi connectivity index (χ0n) is 14.9. The van der Waals surface area contributed by atoms with Gasteiger partial charge in [-0.05, 0) is 24.7 Å². The van der Waals surface area contributed by atoms with Crippen molar-refractivity contribution in [3.63, 3.8) is 0 Å². The topological polar surface area (TPSA) is 64.4 Å². The molecule has 0 aliphatic carbocycles. The first kappa shape index (κ1) is 19.5. The highest BCUT2D eigenvalue weighted by molar-refractivity contribution is 5.77. The average molecular weight is 321 g/mol. The van der Waals surface area contributed by atoms with Crippen LogP contribution in [-0.2, 0) is 9.59 Å². The van der Waals surface area contributed by atoms with Crippen molar-refractivity contribution in [2.45, 2.75) is 58.8 Å². The molecule has 1 aliphatic heterocycles. The minimum absolute atomic E-state index is 0.0396. The SMILES string of the molecule is CCCCCC(=O)N1CCC(CC(=O)N(C)CC#N)C(CC)C1. The first-order chi connectivity index (χ1) is 11.0. The Morgan fingerprint density at radius 3 is 2.61 bits per heavy atom. The summed E-state index contributed by atoms with van der Waals surface area (Å²) in [5.74, 6) is 1.02. The summed E-state index contributed by atoms with van der Waals surface area (Å²) in [6.07, 6.45) is 6.24. The number of amides is 2. The largest absolute Gasteiger partial charge is 0.342 e. The van der Waals surface area contributed by atoms with E-state index < -0.39 is 0 Å². The second-order valence-electron chi connectivity index (χ2n) is 6.63. The molecule has 130 valence electrons. The van der Waals surface area contributed by atoms with E-state index in [1.165, 1.54) is 4.90 Å². The van der Waals surface area contributed by atoms with E-state index in [4.69, 9.17) is 5.26 Å². The summed E-state index contributed by atoms with van der Waals surface area (Å²) in [6, 6.07) is 2.01. The lowest BCUT2D eigenvalue weighted by molar-refractivity contribution is -0.135. The standard InChI is InChI=1S/C18H31N3O2/c1-4-6-7-8-17(22)21-11-9-16(15(5-2)14-21)13-18(23)20(3)12-10-19/h15-16H,4-9,11-14H2,1-3H3. The first-order valence-corrected chi connectivity index (χ1v) is 8.92. The van der Waals surface area contributed by atoms with Crippen LogP contribution in [0, 0.1) is 23.2 Å². The quantitative estimate of drug-likeness (QED) is 0.510. The molecule has 1 aliphatic rings. The third kappa shape index (κ3) is 6.21. The van der Waals surface area contributed by atoms with E-state index >= 15 is 0 Å². The monoisotopic (exact) mass is 321 g/mol. The van der Waals surface area contributed by atoms with Crippen LogP contribution in [0.5, 0.6) is 0 Å². The van der Waals surface area contributed by atoms with Crippen LogP contribution in [0.25, 0.3) is 0 Å². The Bertz CT molecular complexity index is 430. The van der Waals surface area contributed by atoms with E-state index in [-0.39, 0.29) is 18.4 Å². The smallest absolute Gasteiger partial charge is 0.223 e. The van der Waals surface area contributed by atoms with Gasteiger partial charge in [-0.15, -0.1) is 0 Å². The fourth-order valence-electron chi connectivity index (χ4n) is 3.30. The van der Waals surface area contributed by atoms with E-state index in [0.717, 1.165) is 45.2 Å². The maximum atomic E-state index is 12.3. The van der Waals surface area contributed by atoms with Gasteiger partial charge in [0.2, 0.25) is 11.8 Å². The molecule has 0 saturated carbocycles. The van der Waals surface area contributed by atoms with Crippen molar-refractivity contribution in [2.75, 3.05) is 26.7 Å². The van der Waals surface area contributed by atoms with Crippen molar-refractivity contribution in [1.29, 1.82) is 5.26 Å². The van der Waals surface area contributed by atoms with Crippen molar-refractivity contribution < 1.29 is 9.59 Å². The Kier molecular flexibility index (Phi) is 8.68. The lowest BCUT2D eigenvalue weighted by Gasteiger charge is -2.38. The van der Waals surface area contributed by atoms with Crippen molar-refractivity contribution in [1.82, 2.24) is 9.80 Å². The van der Waals surface area contributed by atoms with E-state index in [1.807, 2.05) is 11.0 Å². The number of rotatable bonds is 8. The van der Waals surface area contributed by atoms with Gasteiger partial charge in [0, 0.05) is 33.0 Å². The third-order valence-corrected chi connectivity index (χ3v) is 4.93. The molecular formula is C18H31N3O2. The van der Waals surface area contributed by atoms with E-state index in [1.54, 1.807) is 7.05 Å². The van der Waals surface area contributed by atoms with Crippen LogP contribution in [-0.4, -0.2) is 48.3 Å². The molecule has 1 rings (SSSR count). The molecule has 1 fully saturated rings. The molecule has 2 unspecified atom stereocenters. The van der Waals surface area contributed by atoms with Gasteiger partial charge in [0.25, 0.3) is 0 Å². The van der Waals surface area contributed by atoms with Gasteiger partial charge in [-0.25, -0.2) is 0 Å². The molecular weight excluding hydrogens is 290 g/mol. The Morgan fingerprint density at radius 2 is 2.00 bits per heavy atom. The molecule has 0 aromatic carbocycles.